The summed E-state index contributed by atoms with van der Waals surface area (Å²) < 4.78 is 31.4. The van der Waals surface area contributed by atoms with E-state index in [0.717, 1.165) is 78.1 Å². The highest BCUT2D eigenvalue weighted by Gasteiger charge is 2.36. The van der Waals surface area contributed by atoms with Gasteiger partial charge in [0.1, 0.15) is 18.1 Å². The van der Waals surface area contributed by atoms with E-state index >= 15 is 0 Å². The summed E-state index contributed by atoms with van der Waals surface area (Å²) in [6.45, 7) is 2.18. The van der Waals surface area contributed by atoms with E-state index in [1.54, 1.807) is 14.2 Å². The Hall–Kier alpha value is -4.40. The highest BCUT2D eigenvalue weighted by atomic mass is 16.5. The average Bonchev–Trinajstić information content (AvgIpc) is 3.24. The van der Waals surface area contributed by atoms with Gasteiger partial charge in [-0.15, -0.1) is 0 Å². The Morgan fingerprint density at radius 2 is 1.31 bits per heavy atom. The molecule has 1 N–H and O–H groups in total. The number of hydrogen-bond acceptors (Lipinski definition) is 8. The molecule has 232 valence electrons. The molecule has 0 amide bonds. The zero-order chi connectivity index (χ0) is 30.8. The van der Waals surface area contributed by atoms with E-state index in [1.165, 1.54) is 11.1 Å². The Labute approximate surface area is 263 Å². The Bertz CT molecular complexity index is 1800. The number of benzene rings is 4. The molecule has 7 aliphatic rings. The predicted molar refractivity (Wildman–Crippen MR) is 171 cm³/mol. The summed E-state index contributed by atoms with van der Waals surface area (Å²) in [6, 6.07) is 18.8. The van der Waals surface area contributed by atoms with Crippen molar-refractivity contribution in [3.8, 4) is 46.0 Å². The number of rotatable bonds is 2. The van der Waals surface area contributed by atoms with Crippen LogP contribution in [0, 0.1) is 0 Å². The molecule has 7 aliphatic heterocycles. The topological polar surface area (TPSA) is 72.9 Å². The van der Waals surface area contributed by atoms with Crippen LogP contribution in [0.3, 0.4) is 0 Å². The molecule has 4 aromatic rings. The van der Waals surface area contributed by atoms with E-state index < -0.39 is 0 Å². The zero-order valence-corrected chi connectivity index (χ0v) is 26.2. The molecule has 45 heavy (non-hydrogen) atoms. The number of phenolic OH excluding ortho intramolecular Hbond substituents is 1. The van der Waals surface area contributed by atoms with Gasteiger partial charge in [0.25, 0.3) is 0 Å². The van der Waals surface area contributed by atoms with Gasteiger partial charge in [-0.3, -0.25) is 9.80 Å². The van der Waals surface area contributed by atoms with Gasteiger partial charge in [-0.2, -0.15) is 0 Å². The minimum Gasteiger partial charge on any atom is -0.502 e. The minimum absolute atomic E-state index is 0.0232. The van der Waals surface area contributed by atoms with Gasteiger partial charge in [-0.25, -0.2) is 0 Å². The molecule has 0 saturated heterocycles. The highest BCUT2D eigenvalue weighted by molar-refractivity contribution is 5.64. The van der Waals surface area contributed by atoms with Crippen molar-refractivity contribution in [3.63, 3.8) is 0 Å². The maximum atomic E-state index is 11.4. The molecule has 2 atom stereocenters. The van der Waals surface area contributed by atoms with Crippen LogP contribution in [-0.2, 0) is 32.3 Å². The van der Waals surface area contributed by atoms with Crippen LogP contribution in [0.25, 0.3) is 0 Å². The lowest BCUT2D eigenvalue weighted by molar-refractivity contribution is 0.221. The van der Waals surface area contributed by atoms with Crippen molar-refractivity contribution >= 4 is 0 Å². The predicted octanol–water partition coefficient (Wildman–Crippen LogP) is 6.74. The van der Waals surface area contributed by atoms with E-state index in [4.69, 9.17) is 23.7 Å². The molecule has 0 fully saturated rings. The molecule has 11 rings (SSSR count). The van der Waals surface area contributed by atoms with Crippen LogP contribution in [0.15, 0.2) is 54.6 Å². The first-order valence-corrected chi connectivity index (χ1v) is 15.7. The number of phenols is 1. The van der Waals surface area contributed by atoms with Gasteiger partial charge >= 0.3 is 0 Å². The van der Waals surface area contributed by atoms with Crippen molar-refractivity contribution in [1.82, 2.24) is 9.80 Å². The lowest BCUT2D eigenvalue weighted by atomic mass is 9.87. The van der Waals surface area contributed by atoms with Crippen LogP contribution in [0.2, 0.25) is 0 Å². The van der Waals surface area contributed by atoms with Gasteiger partial charge in [0.15, 0.2) is 23.0 Å². The number of methoxy groups -OCH3 is 2. The van der Waals surface area contributed by atoms with E-state index in [-0.39, 0.29) is 17.8 Å². The SMILES string of the molecule is COc1cc2c3c(c1O)Oc1ccc(cc1)C[C@@H]1c4c(cc(OC)c5c4Oc4ccc(cc4CO5)C[C@H]3N(C)CC2)CCN1C. The quantitative estimate of drug-likeness (QED) is 0.269. The van der Waals surface area contributed by atoms with Crippen molar-refractivity contribution in [2.75, 3.05) is 41.4 Å². The van der Waals surface area contributed by atoms with Gasteiger partial charge in [0.2, 0.25) is 11.5 Å². The van der Waals surface area contributed by atoms with Crippen molar-refractivity contribution in [2.24, 2.45) is 0 Å². The van der Waals surface area contributed by atoms with Gasteiger partial charge in [-0.1, -0.05) is 18.2 Å². The molecule has 0 saturated carbocycles. The lowest BCUT2D eigenvalue weighted by Gasteiger charge is -2.37. The minimum atomic E-state index is -0.0232. The molecule has 0 aliphatic carbocycles. The first-order valence-electron chi connectivity index (χ1n) is 15.7. The monoisotopic (exact) mass is 606 g/mol. The summed E-state index contributed by atoms with van der Waals surface area (Å²) in [5, 5.41) is 11.4. The van der Waals surface area contributed by atoms with Crippen molar-refractivity contribution < 1.29 is 28.8 Å². The molecule has 0 spiro atoms. The second-order valence-corrected chi connectivity index (χ2v) is 12.6. The maximum Gasteiger partial charge on any atom is 0.204 e. The van der Waals surface area contributed by atoms with Gasteiger partial charge in [0, 0.05) is 41.9 Å². The number of likely N-dealkylation sites (N-methyl/N-ethyl adjacent to an activating group) is 2. The number of aromatic hydroxyl groups is 1. The fraction of sp³-hybridized carbons (Fsp3) is 0.351. The van der Waals surface area contributed by atoms with Crippen molar-refractivity contribution in [1.29, 1.82) is 0 Å². The van der Waals surface area contributed by atoms with Gasteiger partial charge in [-0.05, 0) is 98.4 Å². The third-order valence-corrected chi connectivity index (χ3v) is 10.0. The van der Waals surface area contributed by atoms with Crippen LogP contribution in [-0.4, -0.2) is 56.3 Å². The molecule has 0 aromatic heterocycles. The Kier molecular flexibility index (Phi) is 6.80. The maximum absolute atomic E-state index is 11.4. The molecule has 7 heterocycles. The third-order valence-electron chi connectivity index (χ3n) is 10.0. The van der Waals surface area contributed by atoms with E-state index in [0.29, 0.717) is 35.4 Å². The summed E-state index contributed by atoms with van der Waals surface area (Å²) in [6.07, 6.45) is 3.23. The molecule has 4 aromatic carbocycles. The Balaban J connectivity index is 1.33. The molecular weight excluding hydrogens is 568 g/mol. The smallest absolute Gasteiger partial charge is 0.204 e. The highest BCUT2D eigenvalue weighted by Crippen LogP contribution is 2.53. The molecule has 8 heteroatoms. The zero-order valence-electron chi connectivity index (χ0n) is 26.2. The van der Waals surface area contributed by atoms with Crippen molar-refractivity contribution in [3.05, 3.63) is 93.5 Å². The first-order chi connectivity index (χ1) is 21.9. The summed E-state index contributed by atoms with van der Waals surface area (Å²) >= 11 is 0. The Morgan fingerprint density at radius 1 is 0.689 bits per heavy atom. The fourth-order valence-electron chi connectivity index (χ4n) is 7.52. The normalized spacial score (nSPS) is 20.3. The van der Waals surface area contributed by atoms with Gasteiger partial charge in [0.05, 0.1) is 14.2 Å². The van der Waals surface area contributed by atoms with Crippen LogP contribution >= 0.6 is 0 Å². The fourth-order valence-corrected chi connectivity index (χ4v) is 7.52. The van der Waals surface area contributed by atoms with Crippen molar-refractivity contribution in [2.45, 2.75) is 44.4 Å². The third kappa shape index (κ3) is 4.66. The summed E-state index contributed by atoms with van der Waals surface area (Å²) in [5.74, 6) is 4.49. The van der Waals surface area contributed by atoms with Crippen LogP contribution < -0.4 is 23.7 Å². The molecule has 8 nitrogen and oxygen atoms in total. The standard InChI is InChI=1S/C37H38N2O6/c1-38-14-12-24-19-31(42-4)35-37-33(24)27(38)16-21-5-8-26(9-6-21)44-36-32-23(18-30(41-3)34(36)40)11-13-39(2)28(32)17-22-7-10-29(45-37)25(15-22)20-43-35/h5-10,15,18-19,27-28,40H,11-14,16-17,20H2,1-4H3/t27-,28-/m1/s1. The largest absolute Gasteiger partial charge is 0.502 e. The van der Waals surface area contributed by atoms with Crippen LogP contribution in [0.4, 0.5) is 0 Å². The van der Waals surface area contributed by atoms with E-state index in [9.17, 15) is 5.11 Å². The van der Waals surface area contributed by atoms with Crippen LogP contribution in [0.1, 0.15) is 51.0 Å². The van der Waals surface area contributed by atoms with E-state index in [2.05, 4.69) is 60.3 Å². The van der Waals surface area contributed by atoms with Crippen LogP contribution in [0.5, 0.6) is 46.0 Å². The van der Waals surface area contributed by atoms with E-state index in [1.807, 2.05) is 18.2 Å². The molecule has 0 unspecified atom stereocenters. The average molecular weight is 607 g/mol. The summed E-state index contributed by atoms with van der Waals surface area (Å²) in [5.41, 5.74) is 7.81. The number of nitrogens with zero attached hydrogens (tertiary/aromatic N) is 2. The second kappa shape index (κ2) is 10.9. The van der Waals surface area contributed by atoms with Gasteiger partial charge < -0.3 is 28.8 Å². The summed E-state index contributed by atoms with van der Waals surface area (Å²) in [7, 11) is 7.59. The first kappa shape index (κ1) is 28.1. The molecule has 6 bridgehead atoms. The number of ether oxygens (including phenoxy) is 5. The lowest BCUT2D eigenvalue weighted by Crippen LogP contribution is -2.34. The second-order valence-electron chi connectivity index (χ2n) is 12.6. The molecular formula is C37H38N2O6. The number of hydrogen-bond donors (Lipinski definition) is 1. The summed E-state index contributed by atoms with van der Waals surface area (Å²) in [4.78, 5) is 4.73. The Morgan fingerprint density at radius 3 is 2.00 bits per heavy atom. The molecule has 0 radical (unpaired) electrons.